The molecule has 0 atom stereocenters. The molecule has 21 heavy (non-hydrogen) atoms. The predicted octanol–water partition coefficient (Wildman–Crippen LogP) is 1.31. The summed E-state index contributed by atoms with van der Waals surface area (Å²) in [6.45, 7) is 0.448. The Morgan fingerprint density at radius 3 is 2.86 bits per heavy atom. The Bertz CT molecular complexity index is 689. The van der Waals surface area contributed by atoms with Crippen LogP contribution in [0.15, 0.2) is 28.9 Å². The second-order valence-electron chi connectivity index (χ2n) is 4.03. The Balaban J connectivity index is 1.92. The van der Waals surface area contributed by atoms with E-state index in [0.29, 0.717) is 0 Å². The van der Waals surface area contributed by atoms with Crippen LogP contribution in [-0.4, -0.2) is 38.5 Å². The van der Waals surface area contributed by atoms with E-state index in [0.717, 1.165) is 0 Å². The standard InChI is InChI=1S/C12H10BrFN4O3/c13-10-7(2-1-3-8(10)14)11(19)15-4-5-18-6-9(12(20)21)16-17-18/h1-3,6H,4-5H2,(H,15,19)(H,20,21). The quantitative estimate of drug-likeness (QED) is 0.841. The highest BCUT2D eigenvalue weighted by Gasteiger charge is 2.13. The summed E-state index contributed by atoms with van der Waals surface area (Å²) in [4.78, 5) is 22.5. The molecule has 1 heterocycles. The predicted molar refractivity (Wildman–Crippen MR) is 73.4 cm³/mol. The van der Waals surface area contributed by atoms with Gasteiger partial charge in [-0.1, -0.05) is 11.3 Å². The molecule has 0 radical (unpaired) electrons. The van der Waals surface area contributed by atoms with Crippen LogP contribution in [0.5, 0.6) is 0 Å². The highest BCUT2D eigenvalue weighted by atomic mass is 79.9. The molecule has 7 nitrogen and oxygen atoms in total. The smallest absolute Gasteiger partial charge is 0.358 e. The van der Waals surface area contributed by atoms with Crippen molar-refractivity contribution in [1.29, 1.82) is 0 Å². The summed E-state index contributed by atoms with van der Waals surface area (Å²) in [6, 6.07) is 4.16. The van der Waals surface area contributed by atoms with Crippen LogP contribution < -0.4 is 5.32 Å². The Labute approximate surface area is 126 Å². The minimum Gasteiger partial charge on any atom is -0.476 e. The fourth-order valence-electron chi connectivity index (χ4n) is 1.56. The van der Waals surface area contributed by atoms with Gasteiger partial charge in [0.15, 0.2) is 5.69 Å². The normalized spacial score (nSPS) is 10.4. The molecule has 0 saturated heterocycles. The Morgan fingerprint density at radius 1 is 1.43 bits per heavy atom. The third kappa shape index (κ3) is 3.63. The number of benzene rings is 1. The number of rotatable bonds is 5. The van der Waals surface area contributed by atoms with E-state index in [9.17, 15) is 14.0 Å². The first kappa shape index (κ1) is 15.1. The Morgan fingerprint density at radius 2 is 2.19 bits per heavy atom. The third-order valence-corrected chi connectivity index (χ3v) is 3.39. The zero-order valence-electron chi connectivity index (χ0n) is 10.6. The van der Waals surface area contributed by atoms with Gasteiger partial charge in [0.1, 0.15) is 5.82 Å². The first-order valence-corrected chi connectivity index (χ1v) is 6.64. The molecular formula is C12H10BrFN4O3. The highest BCUT2D eigenvalue weighted by Crippen LogP contribution is 2.20. The summed E-state index contributed by atoms with van der Waals surface area (Å²) in [7, 11) is 0. The number of carboxylic acid groups (broad SMARTS) is 1. The van der Waals surface area contributed by atoms with Crippen LogP contribution in [-0.2, 0) is 6.54 Å². The molecule has 0 aliphatic heterocycles. The van der Waals surface area contributed by atoms with Crippen LogP contribution in [0.4, 0.5) is 4.39 Å². The minimum absolute atomic E-state index is 0.0939. The van der Waals surface area contributed by atoms with Crippen LogP contribution in [0.25, 0.3) is 0 Å². The second-order valence-corrected chi connectivity index (χ2v) is 4.82. The number of carbonyl (C=O) groups excluding carboxylic acids is 1. The van der Waals surface area contributed by atoms with Crippen molar-refractivity contribution in [3.63, 3.8) is 0 Å². The fourth-order valence-corrected chi connectivity index (χ4v) is 2.01. The van der Waals surface area contributed by atoms with Gasteiger partial charge >= 0.3 is 5.97 Å². The first-order chi connectivity index (χ1) is 9.99. The van der Waals surface area contributed by atoms with Crippen LogP contribution >= 0.6 is 15.9 Å². The molecule has 1 aromatic heterocycles. The monoisotopic (exact) mass is 356 g/mol. The number of hydrogen-bond acceptors (Lipinski definition) is 4. The van der Waals surface area contributed by atoms with Gasteiger partial charge in [0, 0.05) is 6.54 Å². The lowest BCUT2D eigenvalue weighted by Gasteiger charge is -2.07. The average Bonchev–Trinajstić information content (AvgIpc) is 2.91. The second kappa shape index (κ2) is 6.44. The van der Waals surface area contributed by atoms with E-state index < -0.39 is 17.7 Å². The van der Waals surface area contributed by atoms with Crippen LogP contribution in [0.3, 0.4) is 0 Å². The molecule has 1 amide bonds. The Kier molecular flexibility index (Phi) is 4.63. The molecule has 2 N–H and O–H groups in total. The van der Waals surface area contributed by atoms with Gasteiger partial charge in [-0.3, -0.25) is 4.79 Å². The van der Waals surface area contributed by atoms with Crippen molar-refractivity contribution >= 4 is 27.8 Å². The van der Waals surface area contributed by atoms with E-state index in [1.54, 1.807) is 0 Å². The van der Waals surface area contributed by atoms with Gasteiger partial charge in [0.05, 0.1) is 22.8 Å². The highest BCUT2D eigenvalue weighted by molar-refractivity contribution is 9.10. The lowest BCUT2D eigenvalue weighted by Crippen LogP contribution is -2.27. The van der Waals surface area contributed by atoms with E-state index in [4.69, 9.17) is 5.11 Å². The molecule has 2 rings (SSSR count). The SMILES string of the molecule is O=C(O)c1cn(CCNC(=O)c2cccc(F)c2Br)nn1. The number of nitrogens with zero attached hydrogens (tertiary/aromatic N) is 3. The zero-order chi connectivity index (χ0) is 15.4. The molecule has 0 aliphatic rings. The average molecular weight is 357 g/mol. The van der Waals surface area contributed by atoms with Crippen molar-refractivity contribution in [2.75, 3.05) is 6.54 Å². The van der Waals surface area contributed by atoms with Crippen molar-refractivity contribution in [1.82, 2.24) is 20.3 Å². The molecule has 2 aromatic rings. The number of hydrogen-bond donors (Lipinski definition) is 2. The van der Waals surface area contributed by atoms with Gasteiger partial charge in [-0.2, -0.15) is 0 Å². The topological polar surface area (TPSA) is 97.1 Å². The van der Waals surface area contributed by atoms with E-state index in [1.165, 1.54) is 29.1 Å². The molecule has 0 aliphatic carbocycles. The summed E-state index contributed by atoms with van der Waals surface area (Å²) >= 11 is 3.01. The number of aromatic nitrogens is 3. The molecule has 1 aromatic carbocycles. The van der Waals surface area contributed by atoms with E-state index in [1.807, 2.05) is 0 Å². The molecule has 0 bridgehead atoms. The van der Waals surface area contributed by atoms with Crippen molar-refractivity contribution in [2.24, 2.45) is 0 Å². The summed E-state index contributed by atoms with van der Waals surface area (Å²) in [5, 5.41) is 18.3. The van der Waals surface area contributed by atoms with Crippen molar-refractivity contribution < 1.29 is 19.1 Å². The lowest BCUT2D eigenvalue weighted by atomic mass is 10.2. The maximum Gasteiger partial charge on any atom is 0.358 e. The number of amides is 1. The number of aromatic carboxylic acids is 1. The molecule has 0 unspecified atom stereocenters. The Hall–Kier alpha value is -2.29. The number of nitrogens with one attached hydrogen (secondary N) is 1. The molecule has 9 heteroatoms. The largest absolute Gasteiger partial charge is 0.476 e. The number of carboxylic acids is 1. The van der Waals surface area contributed by atoms with Crippen molar-refractivity contribution in [3.8, 4) is 0 Å². The van der Waals surface area contributed by atoms with Gasteiger partial charge in [0.2, 0.25) is 0 Å². The molecular weight excluding hydrogens is 347 g/mol. The maximum absolute atomic E-state index is 13.3. The van der Waals surface area contributed by atoms with Crippen molar-refractivity contribution in [2.45, 2.75) is 6.54 Å². The summed E-state index contributed by atoms with van der Waals surface area (Å²) in [6.07, 6.45) is 1.26. The molecule has 110 valence electrons. The van der Waals surface area contributed by atoms with Crippen LogP contribution in [0, 0.1) is 5.82 Å². The maximum atomic E-state index is 13.3. The number of carbonyl (C=O) groups is 2. The van der Waals surface area contributed by atoms with Gasteiger partial charge in [-0.05, 0) is 28.1 Å². The van der Waals surface area contributed by atoms with Crippen LogP contribution in [0.2, 0.25) is 0 Å². The molecule has 0 spiro atoms. The third-order valence-electron chi connectivity index (χ3n) is 2.58. The van der Waals surface area contributed by atoms with E-state index in [2.05, 4.69) is 31.6 Å². The molecule has 0 fully saturated rings. The van der Waals surface area contributed by atoms with Crippen LogP contribution in [0.1, 0.15) is 20.8 Å². The zero-order valence-corrected chi connectivity index (χ0v) is 12.2. The fraction of sp³-hybridized carbons (Fsp3) is 0.167. The molecule has 0 saturated carbocycles. The number of halogens is 2. The van der Waals surface area contributed by atoms with Gasteiger partial charge < -0.3 is 10.4 Å². The van der Waals surface area contributed by atoms with Crippen molar-refractivity contribution in [3.05, 3.63) is 45.9 Å². The first-order valence-electron chi connectivity index (χ1n) is 5.84. The van der Waals surface area contributed by atoms with Gasteiger partial charge in [-0.25, -0.2) is 13.9 Å². The van der Waals surface area contributed by atoms with Gasteiger partial charge in [-0.15, -0.1) is 5.10 Å². The summed E-state index contributed by atoms with van der Waals surface area (Å²) in [5.74, 6) is -2.14. The van der Waals surface area contributed by atoms with E-state index >= 15 is 0 Å². The summed E-state index contributed by atoms with van der Waals surface area (Å²) < 4.78 is 14.7. The summed E-state index contributed by atoms with van der Waals surface area (Å²) in [5.41, 5.74) is 0.00835. The van der Waals surface area contributed by atoms with Gasteiger partial charge in [0.25, 0.3) is 5.91 Å². The minimum atomic E-state index is -1.17. The lowest BCUT2D eigenvalue weighted by molar-refractivity contribution is 0.0690. The van der Waals surface area contributed by atoms with E-state index in [-0.39, 0.29) is 28.8 Å².